The Balaban J connectivity index is 1.59. The molecule has 146 valence electrons. The van der Waals surface area contributed by atoms with E-state index in [4.69, 9.17) is 0 Å². The van der Waals surface area contributed by atoms with Gasteiger partial charge < -0.3 is 4.90 Å². The molecule has 1 amide bonds. The fourth-order valence-corrected chi connectivity index (χ4v) is 3.70. The number of piperidine rings is 2. The number of carbonyl (C=O) groups excluding carboxylic acids is 1. The lowest BCUT2D eigenvalue weighted by Crippen LogP contribution is -2.45. The van der Waals surface area contributed by atoms with Crippen LogP contribution in [0.15, 0.2) is 4.79 Å². The molecule has 0 aliphatic carbocycles. The van der Waals surface area contributed by atoms with Gasteiger partial charge in [0.2, 0.25) is 11.7 Å². The van der Waals surface area contributed by atoms with Crippen LogP contribution in [0.4, 0.5) is 13.2 Å². The molecule has 1 aromatic rings. The maximum absolute atomic E-state index is 12.9. The van der Waals surface area contributed by atoms with Gasteiger partial charge in [0.1, 0.15) is 0 Å². The zero-order chi connectivity index (χ0) is 18.9. The first-order chi connectivity index (χ1) is 12.3. The molecule has 2 fully saturated rings. The molecule has 3 heterocycles. The van der Waals surface area contributed by atoms with Crippen molar-refractivity contribution in [2.45, 2.75) is 44.3 Å². The van der Waals surface area contributed by atoms with Crippen molar-refractivity contribution in [2.75, 3.05) is 32.7 Å². The summed E-state index contributed by atoms with van der Waals surface area (Å²) < 4.78 is 40.2. The second kappa shape index (κ2) is 7.42. The summed E-state index contributed by atoms with van der Waals surface area (Å²) in [6.07, 6.45) is -0.409. The van der Waals surface area contributed by atoms with Gasteiger partial charge in [-0.3, -0.25) is 14.3 Å². The third-order valence-electron chi connectivity index (χ3n) is 5.23. The van der Waals surface area contributed by atoms with E-state index in [1.165, 1.54) is 0 Å². The van der Waals surface area contributed by atoms with Crippen LogP contribution in [0, 0.1) is 0 Å². The second-order valence-electron chi connectivity index (χ2n) is 7.06. The Labute approximate surface area is 149 Å². The normalized spacial score (nSPS) is 20.5. The van der Waals surface area contributed by atoms with Crippen LogP contribution in [0.1, 0.15) is 44.0 Å². The number of nitrogens with zero attached hydrogens (tertiary/aromatic N) is 5. The number of halogens is 3. The highest BCUT2D eigenvalue weighted by atomic mass is 19.4. The molecule has 0 bridgehead atoms. The van der Waals surface area contributed by atoms with Gasteiger partial charge in [-0.1, -0.05) is 0 Å². The molecule has 0 radical (unpaired) electrons. The second-order valence-corrected chi connectivity index (χ2v) is 7.06. The van der Waals surface area contributed by atoms with Crippen LogP contribution in [0.2, 0.25) is 0 Å². The van der Waals surface area contributed by atoms with Crippen molar-refractivity contribution in [3.63, 3.8) is 0 Å². The Bertz CT molecular complexity index is 698. The van der Waals surface area contributed by atoms with Gasteiger partial charge in [-0.2, -0.15) is 13.2 Å². The number of hydrogen-bond donors (Lipinski definition) is 0. The van der Waals surface area contributed by atoms with E-state index in [2.05, 4.69) is 5.10 Å². The van der Waals surface area contributed by atoms with Crippen molar-refractivity contribution >= 4 is 5.91 Å². The molecule has 0 saturated carbocycles. The van der Waals surface area contributed by atoms with E-state index >= 15 is 0 Å². The fourth-order valence-electron chi connectivity index (χ4n) is 3.70. The highest BCUT2D eigenvalue weighted by Gasteiger charge is 2.39. The number of hydrogen-bond acceptors (Lipinski definition) is 4. The first kappa shape index (κ1) is 18.9. The Hall–Kier alpha value is -1.84. The Morgan fingerprint density at radius 1 is 1.12 bits per heavy atom. The van der Waals surface area contributed by atoms with Crippen LogP contribution in [0.25, 0.3) is 0 Å². The molecule has 3 rings (SSSR count). The van der Waals surface area contributed by atoms with Crippen LogP contribution in [0.3, 0.4) is 0 Å². The molecule has 0 aromatic carbocycles. The topological polar surface area (TPSA) is 63.4 Å². The number of aromatic nitrogens is 3. The van der Waals surface area contributed by atoms with Crippen LogP contribution < -0.4 is 5.69 Å². The largest absolute Gasteiger partial charge is 0.451 e. The minimum Gasteiger partial charge on any atom is -0.342 e. The summed E-state index contributed by atoms with van der Waals surface area (Å²) in [5, 5.41) is 3.51. The van der Waals surface area contributed by atoms with E-state index in [1.807, 2.05) is 9.80 Å². The molecule has 1 aromatic heterocycles. The van der Waals surface area contributed by atoms with Crippen LogP contribution >= 0.6 is 0 Å². The summed E-state index contributed by atoms with van der Waals surface area (Å²) in [6.45, 7) is 3.07. The summed E-state index contributed by atoms with van der Waals surface area (Å²) >= 11 is 0. The fraction of sp³-hybridized carbons (Fsp3) is 0.812. The molecule has 10 heteroatoms. The van der Waals surface area contributed by atoms with Crippen molar-refractivity contribution in [1.82, 2.24) is 24.1 Å². The van der Waals surface area contributed by atoms with Crippen molar-refractivity contribution < 1.29 is 18.0 Å². The molecular formula is C16H24F3N5O2. The van der Waals surface area contributed by atoms with Gasteiger partial charge in [0.05, 0.1) is 12.6 Å². The molecule has 26 heavy (non-hydrogen) atoms. The van der Waals surface area contributed by atoms with Crippen LogP contribution in [-0.2, 0) is 18.0 Å². The molecule has 2 aliphatic rings. The first-order valence-corrected chi connectivity index (χ1v) is 9.00. The zero-order valence-corrected chi connectivity index (χ0v) is 14.8. The zero-order valence-electron chi connectivity index (χ0n) is 14.8. The summed E-state index contributed by atoms with van der Waals surface area (Å²) in [5.41, 5.74) is -0.750. The minimum atomic E-state index is -4.65. The van der Waals surface area contributed by atoms with Gasteiger partial charge in [0.25, 0.3) is 0 Å². The lowest BCUT2D eigenvalue weighted by Gasteiger charge is -2.33. The summed E-state index contributed by atoms with van der Waals surface area (Å²) in [7, 11) is 1.08. The minimum absolute atomic E-state index is 0.109. The molecule has 2 aliphatic heterocycles. The highest BCUT2D eigenvalue weighted by molar-refractivity contribution is 5.78. The Morgan fingerprint density at radius 3 is 2.27 bits per heavy atom. The third kappa shape index (κ3) is 3.94. The number of likely N-dealkylation sites (tertiary alicyclic amines) is 2. The molecular weight excluding hydrogens is 351 g/mol. The van der Waals surface area contributed by atoms with Crippen molar-refractivity contribution in [1.29, 1.82) is 0 Å². The van der Waals surface area contributed by atoms with Crippen molar-refractivity contribution in [2.24, 2.45) is 7.05 Å². The van der Waals surface area contributed by atoms with E-state index in [-0.39, 0.29) is 11.9 Å². The van der Waals surface area contributed by atoms with Gasteiger partial charge in [0, 0.05) is 33.2 Å². The first-order valence-electron chi connectivity index (χ1n) is 9.00. The summed E-state index contributed by atoms with van der Waals surface area (Å²) in [4.78, 5) is 28.3. The number of rotatable bonds is 3. The van der Waals surface area contributed by atoms with E-state index < -0.39 is 17.7 Å². The third-order valence-corrected chi connectivity index (χ3v) is 5.23. The van der Waals surface area contributed by atoms with Gasteiger partial charge in [-0.05, 0) is 32.1 Å². The lowest BCUT2D eigenvalue weighted by molar-refractivity contribution is -0.147. The summed E-state index contributed by atoms with van der Waals surface area (Å²) in [5.74, 6) is -1.07. The molecule has 2 saturated heterocycles. The predicted octanol–water partition coefficient (Wildman–Crippen LogP) is 1.25. The average Bonchev–Trinajstić information content (AvgIpc) is 2.92. The lowest BCUT2D eigenvalue weighted by atomic mass is 10.1. The standard InChI is InChI=1S/C16H24F3N5O2/c1-21-14(16(17,18)19)20-24(15(21)26)12-5-9-22(10-6-12)11-13(25)23-7-3-2-4-8-23/h12H,2-11H2,1H3. The smallest absolute Gasteiger partial charge is 0.342 e. The van der Waals surface area contributed by atoms with Crippen molar-refractivity contribution in [3.05, 3.63) is 16.3 Å². The number of alkyl halides is 3. The number of carbonyl (C=O) groups is 1. The number of amides is 1. The quantitative estimate of drug-likeness (QED) is 0.798. The maximum Gasteiger partial charge on any atom is 0.451 e. The SMILES string of the molecule is Cn1c(C(F)(F)F)nn(C2CCN(CC(=O)N3CCCCC3)CC2)c1=O. The van der Waals surface area contributed by atoms with E-state index in [0.29, 0.717) is 37.0 Å². The molecule has 0 unspecified atom stereocenters. The predicted molar refractivity (Wildman–Crippen MR) is 87.6 cm³/mol. The van der Waals surface area contributed by atoms with Crippen LogP contribution in [-0.4, -0.2) is 62.8 Å². The summed E-state index contributed by atoms with van der Waals surface area (Å²) in [6, 6.07) is -0.369. The van der Waals surface area contributed by atoms with Gasteiger partial charge in [-0.15, -0.1) is 5.10 Å². The van der Waals surface area contributed by atoms with Gasteiger partial charge in [0.15, 0.2) is 0 Å². The monoisotopic (exact) mass is 375 g/mol. The van der Waals surface area contributed by atoms with Gasteiger partial charge >= 0.3 is 11.9 Å². The van der Waals surface area contributed by atoms with E-state index in [1.54, 1.807) is 0 Å². The van der Waals surface area contributed by atoms with E-state index in [9.17, 15) is 22.8 Å². The van der Waals surface area contributed by atoms with Crippen LogP contribution in [0.5, 0.6) is 0 Å². The molecule has 0 spiro atoms. The molecule has 0 atom stereocenters. The Kier molecular flexibility index (Phi) is 5.40. The molecule has 7 nitrogen and oxygen atoms in total. The molecule has 0 N–H and O–H groups in total. The Morgan fingerprint density at radius 2 is 1.73 bits per heavy atom. The van der Waals surface area contributed by atoms with Crippen molar-refractivity contribution in [3.8, 4) is 0 Å². The highest BCUT2D eigenvalue weighted by Crippen LogP contribution is 2.28. The maximum atomic E-state index is 12.9. The average molecular weight is 375 g/mol. The van der Waals surface area contributed by atoms with E-state index in [0.717, 1.165) is 44.1 Å². The van der Waals surface area contributed by atoms with Gasteiger partial charge in [-0.25, -0.2) is 9.48 Å².